The molecule has 1 heterocycles. The van der Waals surface area contributed by atoms with Crippen molar-refractivity contribution in [3.05, 3.63) is 53.1 Å². The van der Waals surface area contributed by atoms with Crippen LogP contribution in [0.15, 0.2) is 47.4 Å². The summed E-state index contributed by atoms with van der Waals surface area (Å²) in [6, 6.07) is 13.8. The number of nitrogens with zero attached hydrogens (tertiary/aromatic N) is 2. The van der Waals surface area contributed by atoms with Crippen molar-refractivity contribution in [1.29, 1.82) is 0 Å². The molecule has 0 aromatic heterocycles. The number of benzene rings is 2. The van der Waals surface area contributed by atoms with Gasteiger partial charge >= 0.3 is 0 Å². The van der Waals surface area contributed by atoms with E-state index in [-0.39, 0.29) is 5.91 Å². The number of carbonyl (C=O) groups is 1. The molecule has 6 heteroatoms. The standard InChI is InChI=1S/C20H24ClN3OS/c1-15-13-16(24-11-9-23(2)10-12-24)7-8-18(15)22-20(25)14-26-19-6-4-3-5-17(19)21/h3-8,13H,9-12,14H2,1-2H3,(H,22,25). The van der Waals surface area contributed by atoms with Gasteiger partial charge in [-0.25, -0.2) is 0 Å². The highest BCUT2D eigenvalue weighted by molar-refractivity contribution is 8.00. The number of anilines is 2. The van der Waals surface area contributed by atoms with E-state index in [9.17, 15) is 4.79 Å². The smallest absolute Gasteiger partial charge is 0.234 e. The van der Waals surface area contributed by atoms with E-state index in [1.54, 1.807) is 0 Å². The van der Waals surface area contributed by atoms with Crippen LogP contribution < -0.4 is 10.2 Å². The number of rotatable bonds is 5. The lowest BCUT2D eigenvalue weighted by molar-refractivity contribution is -0.113. The first-order valence-corrected chi connectivity index (χ1v) is 10.1. The van der Waals surface area contributed by atoms with E-state index >= 15 is 0 Å². The van der Waals surface area contributed by atoms with Crippen LogP contribution >= 0.6 is 23.4 Å². The van der Waals surface area contributed by atoms with Gasteiger partial charge in [0.15, 0.2) is 0 Å². The minimum atomic E-state index is -0.0228. The van der Waals surface area contributed by atoms with Gasteiger partial charge in [-0.3, -0.25) is 4.79 Å². The van der Waals surface area contributed by atoms with Gasteiger partial charge in [0.2, 0.25) is 5.91 Å². The summed E-state index contributed by atoms with van der Waals surface area (Å²) >= 11 is 7.58. The summed E-state index contributed by atoms with van der Waals surface area (Å²) in [6.45, 7) is 6.27. The second-order valence-electron chi connectivity index (χ2n) is 6.56. The second-order valence-corrected chi connectivity index (χ2v) is 7.98. The molecule has 0 unspecified atom stereocenters. The molecule has 0 saturated carbocycles. The second kappa shape index (κ2) is 8.80. The van der Waals surface area contributed by atoms with E-state index in [1.165, 1.54) is 17.4 Å². The van der Waals surface area contributed by atoms with E-state index in [0.29, 0.717) is 10.8 Å². The third kappa shape index (κ3) is 4.93. The minimum Gasteiger partial charge on any atom is -0.369 e. The predicted octanol–water partition coefficient (Wildman–Crippen LogP) is 4.13. The molecular weight excluding hydrogens is 366 g/mol. The fourth-order valence-corrected chi connectivity index (χ4v) is 3.98. The highest BCUT2D eigenvalue weighted by Crippen LogP contribution is 2.27. The Morgan fingerprint density at radius 3 is 2.58 bits per heavy atom. The fourth-order valence-electron chi connectivity index (χ4n) is 2.94. The summed E-state index contributed by atoms with van der Waals surface area (Å²) in [7, 11) is 2.15. The minimum absolute atomic E-state index is 0.0228. The number of thioether (sulfide) groups is 1. The zero-order valence-electron chi connectivity index (χ0n) is 15.2. The van der Waals surface area contributed by atoms with Crippen LogP contribution in [0, 0.1) is 6.92 Å². The number of hydrogen-bond acceptors (Lipinski definition) is 4. The third-order valence-electron chi connectivity index (χ3n) is 4.55. The zero-order chi connectivity index (χ0) is 18.5. The van der Waals surface area contributed by atoms with Crippen LogP contribution in [0.1, 0.15) is 5.56 Å². The first-order chi connectivity index (χ1) is 12.5. The van der Waals surface area contributed by atoms with Crippen LogP contribution in [-0.4, -0.2) is 49.8 Å². The van der Waals surface area contributed by atoms with Crippen molar-refractivity contribution < 1.29 is 4.79 Å². The number of carbonyl (C=O) groups excluding carboxylic acids is 1. The first kappa shape index (κ1) is 19.1. The van der Waals surface area contributed by atoms with E-state index in [0.717, 1.165) is 42.3 Å². The SMILES string of the molecule is Cc1cc(N2CCN(C)CC2)ccc1NC(=O)CSc1ccccc1Cl. The van der Waals surface area contributed by atoms with Crippen LogP contribution in [-0.2, 0) is 4.79 Å². The highest BCUT2D eigenvalue weighted by atomic mass is 35.5. The molecule has 0 spiro atoms. The van der Waals surface area contributed by atoms with Crippen molar-refractivity contribution in [2.45, 2.75) is 11.8 Å². The van der Waals surface area contributed by atoms with Gasteiger partial charge in [0.1, 0.15) is 0 Å². The van der Waals surface area contributed by atoms with Gasteiger partial charge in [-0.05, 0) is 49.9 Å². The fraction of sp³-hybridized carbons (Fsp3) is 0.350. The molecule has 1 fully saturated rings. The van der Waals surface area contributed by atoms with Gasteiger partial charge in [-0.2, -0.15) is 0 Å². The summed E-state index contributed by atoms with van der Waals surface area (Å²) < 4.78 is 0. The Hall–Kier alpha value is -1.69. The lowest BCUT2D eigenvalue weighted by atomic mass is 10.1. The average molecular weight is 390 g/mol. The van der Waals surface area contributed by atoms with E-state index in [1.807, 2.05) is 37.3 Å². The Bertz CT molecular complexity index is 775. The quantitative estimate of drug-likeness (QED) is 0.780. The van der Waals surface area contributed by atoms with Gasteiger partial charge < -0.3 is 15.1 Å². The molecule has 3 rings (SSSR count). The molecular formula is C20H24ClN3OS. The average Bonchev–Trinajstić information content (AvgIpc) is 2.63. The molecule has 1 N–H and O–H groups in total. The third-order valence-corrected chi connectivity index (χ3v) is 6.06. The van der Waals surface area contributed by atoms with Crippen molar-refractivity contribution in [2.24, 2.45) is 0 Å². The van der Waals surface area contributed by atoms with Crippen LogP contribution in [0.3, 0.4) is 0 Å². The molecule has 1 amide bonds. The number of likely N-dealkylation sites (N-methyl/N-ethyl adjacent to an activating group) is 1. The van der Waals surface area contributed by atoms with Gasteiger partial charge in [-0.15, -0.1) is 11.8 Å². The molecule has 2 aromatic carbocycles. The van der Waals surface area contributed by atoms with Gasteiger partial charge in [0.05, 0.1) is 10.8 Å². The molecule has 2 aromatic rings. The number of hydrogen-bond donors (Lipinski definition) is 1. The van der Waals surface area contributed by atoms with Crippen LogP contribution in [0.25, 0.3) is 0 Å². The summed E-state index contributed by atoms with van der Waals surface area (Å²) in [6.07, 6.45) is 0. The molecule has 26 heavy (non-hydrogen) atoms. The Kier molecular flexibility index (Phi) is 6.46. The van der Waals surface area contributed by atoms with E-state index in [4.69, 9.17) is 11.6 Å². The van der Waals surface area contributed by atoms with Crippen molar-refractivity contribution in [3.8, 4) is 0 Å². The van der Waals surface area contributed by atoms with Crippen molar-refractivity contribution in [2.75, 3.05) is 49.2 Å². The largest absolute Gasteiger partial charge is 0.369 e. The molecule has 1 aliphatic rings. The molecule has 0 atom stereocenters. The molecule has 138 valence electrons. The Morgan fingerprint density at radius 1 is 1.15 bits per heavy atom. The molecule has 4 nitrogen and oxygen atoms in total. The lowest BCUT2D eigenvalue weighted by Gasteiger charge is -2.34. The number of aryl methyl sites for hydroxylation is 1. The van der Waals surface area contributed by atoms with Gasteiger partial charge in [-0.1, -0.05) is 23.7 Å². The molecule has 0 bridgehead atoms. The van der Waals surface area contributed by atoms with E-state index < -0.39 is 0 Å². The monoisotopic (exact) mass is 389 g/mol. The van der Waals surface area contributed by atoms with E-state index in [2.05, 4.69) is 34.3 Å². The van der Waals surface area contributed by atoms with Crippen LogP contribution in [0.5, 0.6) is 0 Å². The van der Waals surface area contributed by atoms with Gasteiger partial charge in [0.25, 0.3) is 0 Å². The highest BCUT2D eigenvalue weighted by Gasteiger charge is 2.15. The van der Waals surface area contributed by atoms with Gasteiger partial charge in [0, 0.05) is 42.4 Å². The zero-order valence-corrected chi connectivity index (χ0v) is 16.7. The maximum Gasteiger partial charge on any atom is 0.234 e. The number of nitrogens with one attached hydrogen (secondary N) is 1. The molecule has 1 saturated heterocycles. The Balaban J connectivity index is 1.57. The molecule has 0 aliphatic carbocycles. The van der Waals surface area contributed by atoms with Crippen molar-refractivity contribution in [3.63, 3.8) is 0 Å². The summed E-state index contributed by atoms with van der Waals surface area (Å²) in [5.41, 5.74) is 3.17. The summed E-state index contributed by atoms with van der Waals surface area (Å²) in [5, 5.41) is 3.69. The number of amides is 1. The summed E-state index contributed by atoms with van der Waals surface area (Å²) in [4.78, 5) is 17.9. The summed E-state index contributed by atoms with van der Waals surface area (Å²) in [5.74, 6) is 0.314. The topological polar surface area (TPSA) is 35.6 Å². The molecule has 1 aliphatic heterocycles. The normalized spacial score (nSPS) is 15.1. The first-order valence-electron chi connectivity index (χ1n) is 8.74. The van der Waals surface area contributed by atoms with Crippen LogP contribution in [0.4, 0.5) is 11.4 Å². The van der Waals surface area contributed by atoms with Crippen molar-refractivity contribution >= 4 is 40.6 Å². The lowest BCUT2D eigenvalue weighted by Crippen LogP contribution is -2.44. The van der Waals surface area contributed by atoms with Crippen LogP contribution in [0.2, 0.25) is 5.02 Å². The Labute approximate surface area is 164 Å². The predicted molar refractivity (Wildman–Crippen MR) is 112 cm³/mol. The Morgan fingerprint density at radius 2 is 1.88 bits per heavy atom. The maximum atomic E-state index is 12.3. The number of halogens is 1. The maximum absolute atomic E-state index is 12.3. The molecule has 0 radical (unpaired) electrons. The number of piperazine rings is 1. The van der Waals surface area contributed by atoms with Crippen molar-refractivity contribution in [1.82, 2.24) is 4.90 Å².